The molecule has 4 heterocycles. The first kappa shape index (κ1) is 33.7. The van der Waals surface area contributed by atoms with Crippen molar-refractivity contribution in [2.45, 2.75) is 34.6 Å². The van der Waals surface area contributed by atoms with Crippen molar-refractivity contribution in [1.29, 1.82) is 0 Å². The molecule has 0 atom stereocenters. The number of anilines is 6. The zero-order valence-corrected chi connectivity index (χ0v) is 34.1. The van der Waals surface area contributed by atoms with Gasteiger partial charge in [-0.25, -0.2) is 0 Å². The third kappa shape index (κ3) is 4.52. The zero-order chi connectivity index (χ0) is 40.1. The number of aryl methyl sites for hydroxylation is 5. The van der Waals surface area contributed by atoms with Crippen LogP contribution in [-0.4, -0.2) is 6.71 Å². The van der Waals surface area contributed by atoms with Crippen LogP contribution < -0.4 is 26.2 Å². The molecule has 2 aliphatic heterocycles. The summed E-state index contributed by atoms with van der Waals surface area (Å²) in [5.74, 6) is 0. The Labute approximate surface area is 347 Å². The van der Waals surface area contributed by atoms with E-state index in [2.05, 4.69) is 190 Å². The monoisotopic (exact) mass is 770 g/mol. The Kier molecular flexibility index (Phi) is 6.70. The molecular formula is C55H39BN2O2. The lowest BCUT2D eigenvalue weighted by Crippen LogP contribution is -2.59. The van der Waals surface area contributed by atoms with Crippen molar-refractivity contribution >= 4 is 123 Å². The van der Waals surface area contributed by atoms with Crippen LogP contribution in [0.2, 0.25) is 0 Å². The second-order valence-electron chi connectivity index (χ2n) is 17.2. The van der Waals surface area contributed by atoms with Gasteiger partial charge in [0, 0.05) is 33.3 Å². The van der Waals surface area contributed by atoms with Crippen molar-refractivity contribution in [3.8, 4) is 0 Å². The Bertz CT molecular complexity index is 3680. The van der Waals surface area contributed by atoms with E-state index in [-0.39, 0.29) is 6.71 Å². The average molecular weight is 771 g/mol. The molecule has 0 saturated heterocycles. The van der Waals surface area contributed by atoms with Crippen LogP contribution in [0.4, 0.5) is 34.1 Å². The fourth-order valence-electron chi connectivity index (χ4n) is 10.9. The molecule has 9 aromatic carbocycles. The van der Waals surface area contributed by atoms with Crippen LogP contribution in [0.25, 0.3) is 65.4 Å². The first-order chi connectivity index (χ1) is 29.3. The lowest BCUT2D eigenvalue weighted by atomic mass is 9.33. The molecule has 0 radical (unpaired) electrons. The van der Waals surface area contributed by atoms with E-state index < -0.39 is 0 Å². The number of fused-ring (bicyclic) bond motifs is 14. The number of nitrogens with zero attached hydrogens (tertiary/aromatic N) is 2. The first-order valence-corrected chi connectivity index (χ1v) is 20.9. The third-order valence-electron chi connectivity index (χ3n) is 13.4. The van der Waals surface area contributed by atoms with Gasteiger partial charge in [-0.05, 0) is 133 Å². The van der Waals surface area contributed by atoms with Crippen molar-refractivity contribution in [3.05, 3.63) is 173 Å². The van der Waals surface area contributed by atoms with Gasteiger partial charge in [0.1, 0.15) is 22.3 Å². The molecule has 0 bridgehead atoms. The minimum Gasteiger partial charge on any atom is -0.457 e. The number of rotatable bonds is 2. The van der Waals surface area contributed by atoms with E-state index >= 15 is 0 Å². The minimum absolute atomic E-state index is 0.119. The van der Waals surface area contributed by atoms with Crippen LogP contribution in [0, 0.1) is 34.6 Å². The molecule has 0 amide bonds. The van der Waals surface area contributed by atoms with Gasteiger partial charge in [0.15, 0.2) is 0 Å². The number of benzene rings is 9. The molecule has 0 saturated carbocycles. The maximum Gasteiger partial charge on any atom is 0.253 e. The summed E-state index contributed by atoms with van der Waals surface area (Å²) in [5.41, 5.74) is 20.5. The van der Waals surface area contributed by atoms with Crippen molar-refractivity contribution in [2.24, 2.45) is 0 Å². The second kappa shape index (κ2) is 11.9. The number of hydrogen-bond acceptors (Lipinski definition) is 4. The topological polar surface area (TPSA) is 32.8 Å². The number of hydrogen-bond donors (Lipinski definition) is 0. The van der Waals surface area contributed by atoms with E-state index in [9.17, 15) is 0 Å². The number of furan rings is 2. The second-order valence-corrected chi connectivity index (χ2v) is 17.2. The molecule has 284 valence electrons. The summed E-state index contributed by atoms with van der Waals surface area (Å²) in [6, 6.07) is 54.1. The Morgan fingerprint density at radius 1 is 0.383 bits per heavy atom. The summed E-state index contributed by atoms with van der Waals surface area (Å²) in [4.78, 5) is 5.04. The summed E-state index contributed by atoms with van der Waals surface area (Å²) in [6.45, 7) is 10.9. The van der Waals surface area contributed by atoms with E-state index in [0.29, 0.717) is 0 Å². The first-order valence-electron chi connectivity index (χ1n) is 20.9. The van der Waals surface area contributed by atoms with Gasteiger partial charge < -0.3 is 18.6 Å². The Hall–Kier alpha value is -7.24. The normalized spacial score (nSPS) is 13.3. The van der Waals surface area contributed by atoms with Gasteiger partial charge in [-0.3, -0.25) is 0 Å². The van der Waals surface area contributed by atoms with Crippen molar-refractivity contribution in [3.63, 3.8) is 0 Å². The average Bonchev–Trinajstić information content (AvgIpc) is 3.79. The molecule has 5 heteroatoms. The fourth-order valence-corrected chi connectivity index (χ4v) is 10.9. The highest BCUT2D eigenvalue weighted by Crippen LogP contribution is 2.57. The van der Waals surface area contributed by atoms with E-state index in [4.69, 9.17) is 8.83 Å². The molecule has 0 spiro atoms. The Morgan fingerprint density at radius 2 is 0.950 bits per heavy atom. The van der Waals surface area contributed by atoms with Crippen molar-refractivity contribution in [2.75, 3.05) is 9.80 Å². The summed E-state index contributed by atoms with van der Waals surface area (Å²) in [5, 5.41) is 9.37. The van der Waals surface area contributed by atoms with Crippen LogP contribution in [0.15, 0.2) is 154 Å². The molecule has 0 N–H and O–H groups in total. The predicted octanol–water partition coefficient (Wildman–Crippen LogP) is 13.4. The van der Waals surface area contributed by atoms with E-state index in [1.165, 1.54) is 71.4 Å². The standard InChI is InChI=1S/C55H39BN2O2/c1-30-14-17-40-41-19-16-38(29-50(41)59-48(40)24-30)57-45-26-35-10-6-7-11-36(35)27-46(45)58-44-21-20-43-42-18-15-31(2)25-49(42)60-55(43)53(44)56(51-33(4)22-32(3)23-34(51)5)52-39-13-9-8-12-37(39)28-47(57)54(52)58/h6-29H,1-5H3. The molecular weight excluding hydrogens is 731 g/mol. The molecule has 0 unspecified atom stereocenters. The maximum atomic E-state index is 7.13. The molecule has 4 nitrogen and oxygen atoms in total. The molecule has 2 aromatic heterocycles. The quantitative estimate of drug-likeness (QED) is 0.164. The lowest BCUT2D eigenvalue weighted by molar-refractivity contribution is 0.668. The highest BCUT2D eigenvalue weighted by molar-refractivity contribution is 7.01. The van der Waals surface area contributed by atoms with Gasteiger partial charge >= 0.3 is 0 Å². The van der Waals surface area contributed by atoms with Gasteiger partial charge in [-0.1, -0.05) is 107 Å². The predicted molar refractivity (Wildman–Crippen MR) is 254 cm³/mol. The van der Waals surface area contributed by atoms with Gasteiger partial charge in [-0.2, -0.15) is 0 Å². The zero-order valence-electron chi connectivity index (χ0n) is 34.1. The van der Waals surface area contributed by atoms with Crippen LogP contribution in [0.3, 0.4) is 0 Å². The summed E-state index contributed by atoms with van der Waals surface area (Å²) < 4.78 is 13.8. The van der Waals surface area contributed by atoms with E-state index in [0.717, 1.165) is 72.3 Å². The minimum atomic E-state index is -0.119. The molecule has 0 aliphatic carbocycles. The SMILES string of the molecule is Cc1cc(C)c(B2c3c4c(cc5ccccc35)N(c3ccc5c(c3)oc3cc(C)ccc35)c3cc5ccccc5cc3N4c3ccc4c(oc5cc(C)ccc54)c32)c(C)c1. The maximum absolute atomic E-state index is 7.13. The van der Waals surface area contributed by atoms with E-state index in [1.807, 2.05) is 0 Å². The Balaban J connectivity index is 1.21. The smallest absolute Gasteiger partial charge is 0.253 e. The van der Waals surface area contributed by atoms with Crippen LogP contribution in [0.5, 0.6) is 0 Å². The lowest BCUT2D eigenvalue weighted by Gasteiger charge is -2.46. The molecule has 2 aliphatic rings. The van der Waals surface area contributed by atoms with Crippen LogP contribution >= 0.6 is 0 Å². The molecule has 13 rings (SSSR count). The summed E-state index contributed by atoms with van der Waals surface area (Å²) in [7, 11) is 0. The van der Waals surface area contributed by atoms with Crippen molar-refractivity contribution in [1.82, 2.24) is 0 Å². The summed E-state index contributed by atoms with van der Waals surface area (Å²) >= 11 is 0. The largest absolute Gasteiger partial charge is 0.457 e. The van der Waals surface area contributed by atoms with Crippen LogP contribution in [-0.2, 0) is 0 Å². The van der Waals surface area contributed by atoms with Crippen LogP contribution in [0.1, 0.15) is 27.8 Å². The Morgan fingerprint density at radius 3 is 1.67 bits per heavy atom. The van der Waals surface area contributed by atoms with Gasteiger partial charge in [0.05, 0.1) is 28.4 Å². The molecule has 11 aromatic rings. The molecule has 0 fully saturated rings. The fraction of sp³-hybridized carbons (Fsp3) is 0.0909. The third-order valence-corrected chi connectivity index (χ3v) is 13.4. The van der Waals surface area contributed by atoms with E-state index in [1.54, 1.807) is 0 Å². The van der Waals surface area contributed by atoms with Crippen molar-refractivity contribution < 1.29 is 8.83 Å². The highest BCUT2D eigenvalue weighted by atomic mass is 16.3. The van der Waals surface area contributed by atoms with Gasteiger partial charge in [0.25, 0.3) is 6.71 Å². The van der Waals surface area contributed by atoms with Gasteiger partial charge in [-0.15, -0.1) is 0 Å². The molecule has 60 heavy (non-hydrogen) atoms. The van der Waals surface area contributed by atoms with Gasteiger partial charge in [0.2, 0.25) is 0 Å². The highest BCUT2D eigenvalue weighted by Gasteiger charge is 2.45. The summed E-state index contributed by atoms with van der Waals surface area (Å²) in [6.07, 6.45) is 0.